The van der Waals surface area contributed by atoms with Crippen LogP contribution in [0.4, 0.5) is 13.2 Å². The normalized spacial score (nSPS) is 11.6. The summed E-state index contributed by atoms with van der Waals surface area (Å²) in [7, 11) is 1.53. The molecule has 1 heterocycles. The van der Waals surface area contributed by atoms with E-state index in [0.717, 1.165) is 10.2 Å². The van der Waals surface area contributed by atoms with Crippen molar-refractivity contribution in [2.24, 2.45) is 0 Å². The number of alkyl halides is 3. The van der Waals surface area contributed by atoms with Gasteiger partial charge >= 0.3 is 6.18 Å². The fraction of sp³-hybridized carbons (Fsp3) is 0.308. The van der Waals surface area contributed by atoms with Gasteiger partial charge in [0.2, 0.25) is 0 Å². The molecule has 0 fully saturated rings. The molecular formula is C13H13F3N2O. The number of methoxy groups -OCH3 is 1. The first kappa shape index (κ1) is 13.5. The summed E-state index contributed by atoms with van der Waals surface area (Å²) in [6.45, 7) is 0.774. The molecule has 0 N–H and O–H groups in total. The molecule has 102 valence electrons. The van der Waals surface area contributed by atoms with Crippen LogP contribution in [0.3, 0.4) is 0 Å². The molecular weight excluding hydrogens is 257 g/mol. The molecule has 3 nitrogen and oxygen atoms in total. The predicted octanol–water partition coefficient (Wildman–Crippen LogP) is 3.43. The van der Waals surface area contributed by atoms with Gasteiger partial charge in [0.1, 0.15) is 12.3 Å². The molecule has 19 heavy (non-hydrogen) atoms. The van der Waals surface area contributed by atoms with Crippen molar-refractivity contribution in [3.8, 4) is 17.0 Å². The first-order chi connectivity index (χ1) is 8.90. The van der Waals surface area contributed by atoms with E-state index in [9.17, 15) is 13.2 Å². The summed E-state index contributed by atoms with van der Waals surface area (Å²) in [6, 6.07) is 7.00. The van der Waals surface area contributed by atoms with Crippen molar-refractivity contribution in [1.29, 1.82) is 0 Å². The van der Waals surface area contributed by atoms with Crippen molar-refractivity contribution in [1.82, 2.24) is 9.78 Å². The van der Waals surface area contributed by atoms with E-state index in [0.29, 0.717) is 17.0 Å². The van der Waals surface area contributed by atoms with Crippen LogP contribution < -0.4 is 4.74 Å². The Bertz CT molecular complexity index is 576. The van der Waals surface area contributed by atoms with Gasteiger partial charge in [-0.3, -0.25) is 4.68 Å². The summed E-state index contributed by atoms with van der Waals surface area (Å²) in [4.78, 5) is 0. The van der Waals surface area contributed by atoms with Gasteiger partial charge in [-0.15, -0.1) is 0 Å². The first-order valence-corrected chi connectivity index (χ1v) is 5.65. The molecule has 2 rings (SSSR count). The van der Waals surface area contributed by atoms with Crippen LogP contribution in [0.15, 0.2) is 30.5 Å². The third-order valence-electron chi connectivity index (χ3n) is 2.67. The summed E-state index contributed by atoms with van der Waals surface area (Å²) in [5.41, 5.74) is 2.05. The number of ether oxygens (including phenoxy) is 1. The Labute approximate surface area is 108 Å². The SMILES string of the molecule is COc1c(C)cccc1-c1ccn(CC(F)(F)F)n1. The molecule has 0 aliphatic heterocycles. The van der Waals surface area contributed by atoms with Crippen LogP contribution >= 0.6 is 0 Å². The molecule has 0 amide bonds. The van der Waals surface area contributed by atoms with Gasteiger partial charge in [-0.1, -0.05) is 12.1 Å². The summed E-state index contributed by atoms with van der Waals surface area (Å²) >= 11 is 0. The molecule has 0 saturated heterocycles. The van der Waals surface area contributed by atoms with E-state index in [1.165, 1.54) is 13.3 Å². The molecule has 0 saturated carbocycles. The zero-order chi connectivity index (χ0) is 14.0. The highest BCUT2D eigenvalue weighted by Crippen LogP contribution is 2.31. The maximum absolute atomic E-state index is 12.3. The number of aryl methyl sites for hydroxylation is 1. The molecule has 0 unspecified atom stereocenters. The number of para-hydroxylation sites is 1. The van der Waals surface area contributed by atoms with Gasteiger partial charge in [0, 0.05) is 11.8 Å². The molecule has 0 aliphatic carbocycles. The van der Waals surface area contributed by atoms with Crippen LogP contribution in [0.5, 0.6) is 5.75 Å². The Morgan fingerprint density at radius 2 is 2.00 bits per heavy atom. The maximum Gasteiger partial charge on any atom is 0.408 e. The minimum atomic E-state index is -4.28. The van der Waals surface area contributed by atoms with Crippen molar-refractivity contribution in [2.75, 3.05) is 7.11 Å². The number of halogens is 3. The minimum Gasteiger partial charge on any atom is -0.496 e. The van der Waals surface area contributed by atoms with Gasteiger partial charge in [-0.05, 0) is 24.6 Å². The topological polar surface area (TPSA) is 27.1 Å². The van der Waals surface area contributed by atoms with E-state index in [1.54, 1.807) is 12.1 Å². The van der Waals surface area contributed by atoms with Crippen LogP contribution in [-0.2, 0) is 6.54 Å². The van der Waals surface area contributed by atoms with E-state index in [4.69, 9.17) is 4.74 Å². The van der Waals surface area contributed by atoms with Crippen molar-refractivity contribution in [3.63, 3.8) is 0 Å². The smallest absolute Gasteiger partial charge is 0.408 e. The van der Waals surface area contributed by atoms with Crippen molar-refractivity contribution in [3.05, 3.63) is 36.0 Å². The van der Waals surface area contributed by atoms with E-state index >= 15 is 0 Å². The quantitative estimate of drug-likeness (QED) is 0.854. The van der Waals surface area contributed by atoms with Gasteiger partial charge in [-0.25, -0.2) is 0 Å². The zero-order valence-corrected chi connectivity index (χ0v) is 10.5. The molecule has 1 aromatic carbocycles. The monoisotopic (exact) mass is 270 g/mol. The number of rotatable bonds is 3. The molecule has 1 aromatic heterocycles. The maximum atomic E-state index is 12.3. The molecule has 0 atom stereocenters. The lowest BCUT2D eigenvalue weighted by Gasteiger charge is -2.09. The van der Waals surface area contributed by atoms with Gasteiger partial charge in [0.15, 0.2) is 0 Å². The van der Waals surface area contributed by atoms with Gasteiger partial charge < -0.3 is 4.74 Å². The van der Waals surface area contributed by atoms with Crippen LogP contribution in [0, 0.1) is 6.92 Å². The average Bonchev–Trinajstić information content (AvgIpc) is 2.74. The second-order valence-electron chi connectivity index (χ2n) is 4.17. The highest BCUT2D eigenvalue weighted by Gasteiger charge is 2.28. The highest BCUT2D eigenvalue weighted by molar-refractivity contribution is 5.68. The first-order valence-electron chi connectivity index (χ1n) is 5.65. The van der Waals surface area contributed by atoms with E-state index in [1.807, 2.05) is 19.1 Å². The molecule has 0 aliphatic rings. The Hall–Kier alpha value is -1.98. The van der Waals surface area contributed by atoms with Crippen LogP contribution in [0.25, 0.3) is 11.3 Å². The molecule has 0 spiro atoms. The number of hydrogen-bond acceptors (Lipinski definition) is 2. The van der Waals surface area contributed by atoms with Crippen molar-refractivity contribution >= 4 is 0 Å². The predicted molar refractivity (Wildman–Crippen MR) is 65.0 cm³/mol. The third-order valence-corrected chi connectivity index (χ3v) is 2.67. The lowest BCUT2D eigenvalue weighted by atomic mass is 10.1. The third kappa shape index (κ3) is 3.07. The molecule has 2 aromatic rings. The summed E-state index contributed by atoms with van der Waals surface area (Å²) in [5.74, 6) is 0.625. The zero-order valence-electron chi connectivity index (χ0n) is 10.5. The van der Waals surface area contributed by atoms with Gasteiger partial charge in [0.25, 0.3) is 0 Å². The minimum absolute atomic E-state index is 0.463. The standard InChI is InChI=1S/C13H13F3N2O/c1-9-4-3-5-10(12(9)19-2)11-6-7-18(17-11)8-13(14,15)16/h3-7H,8H2,1-2H3. The number of benzene rings is 1. The lowest BCUT2D eigenvalue weighted by Crippen LogP contribution is -2.17. The van der Waals surface area contributed by atoms with Crippen LogP contribution in [0.2, 0.25) is 0 Å². The molecule has 6 heteroatoms. The molecule has 0 bridgehead atoms. The highest BCUT2D eigenvalue weighted by atomic mass is 19.4. The lowest BCUT2D eigenvalue weighted by molar-refractivity contribution is -0.142. The number of nitrogens with zero attached hydrogens (tertiary/aromatic N) is 2. The Morgan fingerprint density at radius 3 is 2.63 bits per heavy atom. The van der Waals surface area contributed by atoms with Crippen molar-refractivity contribution in [2.45, 2.75) is 19.6 Å². The second-order valence-corrected chi connectivity index (χ2v) is 4.17. The second kappa shape index (κ2) is 4.95. The van der Waals surface area contributed by atoms with Crippen LogP contribution in [0.1, 0.15) is 5.56 Å². The number of aromatic nitrogens is 2. The number of hydrogen-bond donors (Lipinski definition) is 0. The van der Waals surface area contributed by atoms with E-state index < -0.39 is 12.7 Å². The van der Waals surface area contributed by atoms with Gasteiger partial charge in [-0.2, -0.15) is 18.3 Å². The van der Waals surface area contributed by atoms with E-state index in [-0.39, 0.29) is 0 Å². The summed E-state index contributed by atoms with van der Waals surface area (Å²) < 4.78 is 43.0. The fourth-order valence-corrected chi connectivity index (χ4v) is 1.90. The Balaban J connectivity index is 2.36. The Kier molecular flexibility index (Phi) is 3.50. The average molecular weight is 270 g/mol. The fourth-order valence-electron chi connectivity index (χ4n) is 1.90. The Morgan fingerprint density at radius 1 is 1.26 bits per heavy atom. The van der Waals surface area contributed by atoms with Crippen molar-refractivity contribution < 1.29 is 17.9 Å². The molecule has 0 radical (unpaired) electrons. The van der Waals surface area contributed by atoms with Crippen LogP contribution in [-0.4, -0.2) is 23.1 Å². The van der Waals surface area contributed by atoms with E-state index in [2.05, 4.69) is 5.10 Å². The summed E-state index contributed by atoms with van der Waals surface area (Å²) in [6.07, 6.45) is -2.97. The largest absolute Gasteiger partial charge is 0.496 e. The summed E-state index contributed by atoms with van der Waals surface area (Å²) in [5, 5.41) is 3.93. The van der Waals surface area contributed by atoms with Gasteiger partial charge in [0.05, 0.1) is 12.8 Å².